The normalized spacial score (nSPS) is 10.8. The monoisotopic (exact) mass is 332 g/mol. The van der Waals surface area contributed by atoms with Crippen LogP contribution in [0.3, 0.4) is 0 Å². The molecule has 2 aromatic carbocycles. The molecule has 0 saturated carbocycles. The van der Waals surface area contributed by atoms with Crippen molar-refractivity contribution in [3.05, 3.63) is 65.7 Å². The van der Waals surface area contributed by atoms with Gasteiger partial charge in [-0.25, -0.2) is 14.6 Å². The molecule has 0 aliphatic rings. The summed E-state index contributed by atoms with van der Waals surface area (Å²) in [5.74, 6) is 1.16. The molecule has 2 heterocycles. The topological polar surface area (TPSA) is 88.8 Å². The second kappa shape index (κ2) is 6.56. The average molecular weight is 332 g/mol. The van der Waals surface area contributed by atoms with Crippen LogP contribution in [-0.2, 0) is 6.54 Å². The summed E-state index contributed by atoms with van der Waals surface area (Å²) in [4.78, 5) is 8.92. The van der Waals surface area contributed by atoms with Gasteiger partial charge in [0.2, 0.25) is 11.3 Å². The van der Waals surface area contributed by atoms with Gasteiger partial charge in [0, 0.05) is 12.2 Å². The van der Waals surface area contributed by atoms with E-state index in [4.69, 9.17) is 4.63 Å². The van der Waals surface area contributed by atoms with Crippen molar-refractivity contribution in [2.45, 2.75) is 13.5 Å². The molecule has 0 atom stereocenters. The standard InChI is InChI=1S/C18H16N6O/c1-12-7-9-14(10-8-12)20-16-15(19-11-13-5-3-2-4-6-13)21-17-18(22-16)24-25-23-17/h2-10H,11H2,1H3,(H,19,21,23)(H,20,22,24). The number of rotatable bonds is 5. The zero-order valence-electron chi connectivity index (χ0n) is 13.6. The van der Waals surface area contributed by atoms with Gasteiger partial charge in [-0.3, -0.25) is 0 Å². The summed E-state index contributed by atoms with van der Waals surface area (Å²) in [6, 6.07) is 18.1. The van der Waals surface area contributed by atoms with Crippen LogP contribution in [0.4, 0.5) is 17.3 Å². The second-order valence-corrected chi connectivity index (χ2v) is 5.66. The molecular formula is C18H16N6O. The molecule has 25 heavy (non-hydrogen) atoms. The maximum Gasteiger partial charge on any atom is 0.245 e. The van der Waals surface area contributed by atoms with E-state index >= 15 is 0 Å². The number of anilines is 3. The van der Waals surface area contributed by atoms with Crippen LogP contribution in [0.5, 0.6) is 0 Å². The van der Waals surface area contributed by atoms with E-state index < -0.39 is 0 Å². The van der Waals surface area contributed by atoms with Crippen LogP contribution in [0.25, 0.3) is 11.3 Å². The molecule has 2 N–H and O–H groups in total. The minimum Gasteiger partial charge on any atom is -0.363 e. The molecule has 0 aliphatic heterocycles. The Bertz CT molecular complexity index is 982. The molecule has 7 nitrogen and oxygen atoms in total. The van der Waals surface area contributed by atoms with E-state index in [-0.39, 0.29) is 0 Å². The highest BCUT2D eigenvalue weighted by atomic mass is 16.6. The van der Waals surface area contributed by atoms with Gasteiger partial charge in [-0.15, -0.1) is 0 Å². The van der Waals surface area contributed by atoms with Crippen molar-refractivity contribution in [3.63, 3.8) is 0 Å². The fourth-order valence-corrected chi connectivity index (χ4v) is 2.40. The zero-order valence-corrected chi connectivity index (χ0v) is 13.6. The van der Waals surface area contributed by atoms with Gasteiger partial charge in [-0.05, 0) is 34.9 Å². The SMILES string of the molecule is Cc1ccc(Nc2nc3nonc3nc2NCc2ccccc2)cc1. The van der Waals surface area contributed by atoms with Gasteiger partial charge < -0.3 is 10.6 Å². The van der Waals surface area contributed by atoms with Crippen LogP contribution in [0.1, 0.15) is 11.1 Å². The van der Waals surface area contributed by atoms with Gasteiger partial charge in [-0.1, -0.05) is 48.0 Å². The van der Waals surface area contributed by atoms with Crippen molar-refractivity contribution in [2.24, 2.45) is 0 Å². The number of nitrogens with one attached hydrogen (secondary N) is 2. The van der Waals surface area contributed by atoms with Gasteiger partial charge in [0.15, 0.2) is 11.6 Å². The molecule has 0 spiro atoms. The molecular weight excluding hydrogens is 316 g/mol. The Morgan fingerprint density at radius 3 is 2.24 bits per heavy atom. The quantitative estimate of drug-likeness (QED) is 0.576. The summed E-state index contributed by atoms with van der Waals surface area (Å²) in [7, 11) is 0. The Kier molecular flexibility index (Phi) is 3.96. The lowest BCUT2D eigenvalue weighted by molar-refractivity contribution is 0.314. The van der Waals surface area contributed by atoms with Crippen LogP contribution in [0.15, 0.2) is 59.2 Å². The third-order valence-electron chi connectivity index (χ3n) is 3.73. The number of benzene rings is 2. The van der Waals surface area contributed by atoms with Crippen LogP contribution >= 0.6 is 0 Å². The summed E-state index contributed by atoms with van der Waals surface area (Å²) in [6.07, 6.45) is 0. The Morgan fingerprint density at radius 1 is 0.840 bits per heavy atom. The molecule has 0 bridgehead atoms. The molecule has 0 aliphatic carbocycles. The summed E-state index contributed by atoms with van der Waals surface area (Å²) in [5, 5.41) is 14.1. The highest BCUT2D eigenvalue weighted by molar-refractivity contribution is 5.76. The number of aryl methyl sites for hydroxylation is 1. The highest BCUT2D eigenvalue weighted by Crippen LogP contribution is 2.24. The van der Waals surface area contributed by atoms with E-state index in [9.17, 15) is 0 Å². The first-order valence-electron chi connectivity index (χ1n) is 7.90. The van der Waals surface area contributed by atoms with Crippen LogP contribution in [-0.4, -0.2) is 20.3 Å². The summed E-state index contributed by atoms with van der Waals surface area (Å²) < 4.78 is 4.72. The van der Waals surface area contributed by atoms with E-state index in [1.54, 1.807) is 0 Å². The Labute approximate surface area is 144 Å². The number of aromatic nitrogens is 4. The fraction of sp³-hybridized carbons (Fsp3) is 0.111. The summed E-state index contributed by atoms with van der Waals surface area (Å²) >= 11 is 0. The predicted molar refractivity (Wildman–Crippen MR) is 95.6 cm³/mol. The van der Waals surface area contributed by atoms with E-state index in [2.05, 4.69) is 30.9 Å². The third-order valence-corrected chi connectivity index (χ3v) is 3.73. The van der Waals surface area contributed by atoms with Crippen LogP contribution in [0, 0.1) is 6.92 Å². The van der Waals surface area contributed by atoms with Gasteiger partial charge in [0.05, 0.1) is 0 Å². The lowest BCUT2D eigenvalue weighted by atomic mass is 10.2. The third kappa shape index (κ3) is 3.40. The zero-order chi connectivity index (χ0) is 17.1. The first-order valence-corrected chi connectivity index (χ1v) is 7.90. The first kappa shape index (κ1) is 15.1. The molecule has 0 saturated heterocycles. The molecule has 0 radical (unpaired) electrons. The van der Waals surface area contributed by atoms with E-state index in [0.29, 0.717) is 29.5 Å². The first-order chi connectivity index (χ1) is 12.3. The predicted octanol–water partition coefficient (Wildman–Crippen LogP) is 3.68. The van der Waals surface area contributed by atoms with Gasteiger partial charge in [0.25, 0.3) is 0 Å². The smallest absolute Gasteiger partial charge is 0.245 e. The van der Waals surface area contributed by atoms with E-state index in [1.165, 1.54) is 5.56 Å². The molecule has 0 amide bonds. The molecule has 2 aromatic heterocycles. The van der Waals surface area contributed by atoms with Gasteiger partial charge in [-0.2, -0.15) is 0 Å². The van der Waals surface area contributed by atoms with E-state index in [1.807, 2.05) is 61.5 Å². The number of nitrogens with zero attached hydrogens (tertiary/aromatic N) is 4. The molecule has 0 fully saturated rings. The maximum absolute atomic E-state index is 4.72. The fourth-order valence-electron chi connectivity index (χ4n) is 2.40. The summed E-state index contributed by atoms with van der Waals surface area (Å²) in [5.41, 5.74) is 3.97. The van der Waals surface area contributed by atoms with Crippen molar-refractivity contribution in [1.82, 2.24) is 20.3 Å². The highest BCUT2D eigenvalue weighted by Gasteiger charge is 2.13. The summed E-state index contributed by atoms with van der Waals surface area (Å²) in [6.45, 7) is 2.67. The molecule has 124 valence electrons. The average Bonchev–Trinajstić information content (AvgIpc) is 3.10. The largest absolute Gasteiger partial charge is 0.363 e. The number of fused-ring (bicyclic) bond motifs is 1. The van der Waals surface area contributed by atoms with Crippen molar-refractivity contribution < 1.29 is 4.63 Å². The van der Waals surface area contributed by atoms with Gasteiger partial charge in [0.1, 0.15) is 0 Å². The lowest BCUT2D eigenvalue weighted by Gasteiger charge is -2.12. The van der Waals surface area contributed by atoms with Gasteiger partial charge >= 0.3 is 0 Å². The lowest BCUT2D eigenvalue weighted by Crippen LogP contribution is -2.07. The second-order valence-electron chi connectivity index (χ2n) is 5.66. The molecule has 0 unspecified atom stereocenters. The van der Waals surface area contributed by atoms with Crippen molar-refractivity contribution in [2.75, 3.05) is 10.6 Å². The van der Waals surface area contributed by atoms with E-state index in [0.717, 1.165) is 11.3 Å². The Morgan fingerprint density at radius 2 is 1.52 bits per heavy atom. The molecule has 4 aromatic rings. The molecule has 4 rings (SSSR count). The Balaban J connectivity index is 1.64. The maximum atomic E-state index is 4.72. The van der Waals surface area contributed by atoms with Crippen LogP contribution < -0.4 is 10.6 Å². The minimum absolute atomic E-state index is 0.361. The van der Waals surface area contributed by atoms with Crippen molar-refractivity contribution in [1.29, 1.82) is 0 Å². The minimum atomic E-state index is 0.361. The molecule has 7 heteroatoms. The number of hydrogen-bond acceptors (Lipinski definition) is 7. The van der Waals surface area contributed by atoms with Crippen molar-refractivity contribution in [3.8, 4) is 0 Å². The Hall–Kier alpha value is -3.48. The van der Waals surface area contributed by atoms with Crippen molar-refractivity contribution >= 4 is 28.6 Å². The number of hydrogen-bond donors (Lipinski definition) is 2. The van der Waals surface area contributed by atoms with Crippen LogP contribution in [0.2, 0.25) is 0 Å².